The molecule has 4 rings (SSSR count). The predicted molar refractivity (Wildman–Crippen MR) is 142 cm³/mol. The molecule has 0 atom stereocenters. The molecule has 0 aliphatic carbocycles. The minimum Gasteiger partial charge on any atom is -0.488 e. The number of imide groups is 1. The second-order valence-electron chi connectivity index (χ2n) is 7.96. The molecule has 3 aromatic rings. The summed E-state index contributed by atoms with van der Waals surface area (Å²) in [5.41, 5.74) is 3.09. The number of benzene rings is 3. The zero-order valence-corrected chi connectivity index (χ0v) is 21.7. The number of aryl methyl sites for hydroxylation is 1. The summed E-state index contributed by atoms with van der Waals surface area (Å²) in [6.07, 6.45) is 2.45. The molecule has 1 N–H and O–H groups in total. The van der Waals surface area contributed by atoms with Gasteiger partial charge >= 0.3 is 0 Å². The maximum Gasteiger partial charge on any atom is 0.294 e. The van der Waals surface area contributed by atoms with E-state index in [0.717, 1.165) is 38.7 Å². The molecule has 0 bridgehead atoms. The largest absolute Gasteiger partial charge is 0.488 e. The summed E-state index contributed by atoms with van der Waals surface area (Å²) in [5, 5.41) is 2.19. The Morgan fingerprint density at radius 2 is 1.75 bits per heavy atom. The molecule has 1 fully saturated rings. The van der Waals surface area contributed by atoms with E-state index in [1.807, 2.05) is 19.1 Å². The van der Waals surface area contributed by atoms with Crippen LogP contribution in [0.25, 0.3) is 6.08 Å². The number of nitrogens with one attached hydrogen (secondary N) is 1. The fourth-order valence-electron chi connectivity index (χ4n) is 3.45. The van der Waals surface area contributed by atoms with Gasteiger partial charge in [-0.3, -0.25) is 19.3 Å². The first-order chi connectivity index (χ1) is 17.3. The zero-order valence-electron chi connectivity index (χ0n) is 19.3. The van der Waals surface area contributed by atoms with Crippen LogP contribution in [0.5, 0.6) is 5.75 Å². The van der Waals surface area contributed by atoms with Crippen molar-refractivity contribution in [3.63, 3.8) is 0 Å². The Morgan fingerprint density at radius 1 is 1.06 bits per heavy atom. The van der Waals surface area contributed by atoms with Gasteiger partial charge in [0.2, 0.25) is 5.91 Å². The number of hydrogen-bond acceptors (Lipinski definition) is 5. The Hall–Kier alpha value is -3.43. The van der Waals surface area contributed by atoms with Crippen LogP contribution in [0.4, 0.5) is 14.9 Å². The molecular weight excluding hydrogens is 547 g/mol. The summed E-state index contributed by atoms with van der Waals surface area (Å²) in [5.74, 6) is -0.857. The van der Waals surface area contributed by atoms with Gasteiger partial charge in [-0.1, -0.05) is 47.1 Å². The number of carbonyl (C=O) groups is 3. The highest BCUT2D eigenvalue weighted by molar-refractivity contribution is 9.10. The van der Waals surface area contributed by atoms with Crippen LogP contribution in [0.1, 0.15) is 23.6 Å². The van der Waals surface area contributed by atoms with Gasteiger partial charge in [0.15, 0.2) is 0 Å². The highest BCUT2D eigenvalue weighted by atomic mass is 79.9. The molecule has 3 amide bonds. The number of carbonyl (C=O) groups excluding carboxylic acids is 3. The monoisotopic (exact) mass is 568 g/mol. The smallest absolute Gasteiger partial charge is 0.294 e. The molecule has 6 nitrogen and oxygen atoms in total. The normalized spacial score (nSPS) is 14.4. The van der Waals surface area contributed by atoms with Crippen LogP contribution < -0.4 is 10.1 Å². The minimum absolute atomic E-state index is 0.185. The lowest BCUT2D eigenvalue weighted by molar-refractivity contribution is -0.127. The minimum atomic E-state index is -0.550. The third-order valence-electron chi connectivity index (χ3n) is 5.39. The second-order valence-corrected chi connectivity index (χ2v) is 9.87. The van der Waals surface area contributed by atoms with Crippen LogP contribution in [0.15, 0.2) is 76.1 Å². The highest BCUT2D eigenvalue weighted by Gasteiger charge is 2.36. The van der Waals surface area contributed by atoms with Crippen LogP contribution in [-0.2, 0) is 22.6 Å². The number of amides is 3. The Bertz CT molecular complexity index is 1330. The Balaban J connectivity index is 1.45. The van der Waals surface area contributed by atoms with Crippen LogP contribution in [0.2, 0.25) is 0 Å². The van der Waals surface area contributed by atoms with E-state index in [1.54, 1.807) is 48.5 Å². The van der Waals surface area contributed by atoms with Gasteiger partial charge in [-0.25, -0.2) is 4.39 Å². The lowest BCUT2D eigenvalue weighted by Gasteiger charge is -2.13. The standard InChI is InChI=1S/C27H22BrFN2O4S/c1-2-17-5-10-22(11-6-17)30-25(32)15-31-26(33)24(36-27(31)34)14-19-13-20(28)7-12-23(19)35-16-18-3-8-21(29)9-4-18/h3-14H,2,15-16H2,1H3,(H,30,32)/b24-14-. The molecule has 36 heavy (non-hydrogen) atoms. The van der Waals surface area contributed by atoms with Crippen molar-refractivity contribution < 1.29 is 23.5 Å². The molecule has 0 aromatic heterocycles. The summed E-state index contributed by atoms with van der Waals surface area (Å²) in [6.45, 7) is 1.85. The Kier molecular flexibility index (Phi) is 8.22. The first-order valence-corrected chi connectivity index (χ1v) is 12.7. The molecule has 1 aliphatic heterocycles. The van der Waals surface area contributed by atoms with Crippen molar-refractivity contribution in [3.05, 3.63) is 98.6 Å². The van der Waals surface area contributed by atoms with Gasteiger partial charge in [0.1, 0.15) is 24.7 Å². The Labute approximate surface area is 220 Å². The molecule has 0 spiro atoms. The lowest BCUT2D eigenvalue weighted by atomic mass is 10.1. The molecule has 9 heteroatoms. The number of ether oxygens (including phenoxy) is 1. The van der Waals surface area contributed by atoms with E-state index in [4.69, 9.17) is 4.74 Å². The number of halogens is 2. The molecule has 0 saturated carbocycles. The summed E-state index contributed by atoms with van der Waals surface area (Å²) >= 11 is 4.18. The Morgan fingerprint density at radius 3 is 2.44 bits per heavy atom. The van der Waals surface area contributed by atoms with Gasteiger partial charge < -0.3 is 10.1 Å². The fraction of sp³-hybridized carbons (Fsp3) is 0.148. The topological polar surface area (TPSA) is 75.7 Å². The molecule has 184 valence electrons. The van der Waals surface area contributed by atoms with Gasteiger partial charge in [-0.15, -0.1) is 0 Å². The van der Waals surface area contributed by atoms with Crippen molar-refractivity contribution in [3.8, 4) is 5.75 Å². The second kappa shape index (κ2) is 11.5. The zero-order chi connectivity index (χ0) is 25.7. The van der Waals surface area contributed by atoms with E-state index in [0.29, 0.717) is 17.0 Å². The number of hydrogen-bond donors (Lipinski definition) is 1. The van der Waals surface area contributed by atoms with Crippen LogP contribution in [0, 0.1) is 5.82 Å². The first kappa shape index (κ1) is 25.7. The van der Waals surface area contributed by atoms with Gasteiger partial charge in [0.25, 0.3) is 11.1 Å². The van der Waals surface area contributed by atoms with Crippen molar-refractivity contribution in [1.82, 2.24) is 4.90 Å². The maximum absolute atomic E-state index is 13.2. The number of nitrogens with zero attached hydrogens (tertiary/aromatic N) is 1. The van der Waals surface area contributed by atoms with Crippen molar-refractivity contribution in [2.24, 2.45) is 0 Å². The van der Waals surface area contributed by atoms with E-state index in [9.17, 15) is 18.8 Å². The van der Waals surface area contributed by atoms with Crippen molar-refractivity contribution in [2.45, 2.75) is 20.0 Å². The summed E-state index contributed by atoms with van der Waals surface area (Å²) in [7, 11) is 0. The quantitative estimate of drug-likeness (QED) is 0.318. The first-order valence-electron chi connectivity index (χ1n) is 11.1. The number of anilines is 1. The van der Waals surface area contributed by atoms with Crippen LogP contribution in [-0.4, -0.2) is 28.5 Å². The molecule has 1 saturated heterocycles. The van der Waals surface area contributed by atoms with Crippen molar-refractivity contribution in [2.75, 3.05) is 11.9 Å². The molecular formula is C27H22BrFN2O4S. The summed E-state index contributed by atoms with van der Waals surface area (Å²) < 4.78 is 19.8. The predicted octanol–water partition coefficient (Wildman–Crippen LogP) is 6.40. The van der Waals surface area contributed by atoms with Gasteiger partial charge in [0.05, 0.1) is 4.91 Å². The van der Waals surface area contributed by atoms with Crippen LogP contribution >= 0.6 is 27.7 Å². The molecule has 0 radical (unpaired) electrons. The SMILES string of the molecule is CCc1ccc(NC(=O)CN2C(=O)S/C(=C\c3cc(Br)ccc3OCc3ccc(F)cc3)C2=O)cc1. The molecule has 0 unspecified atom stereocenters. The van der Waals surface area contributed by atoms with Crippen LogP contribution in [0.3, 0.4) is 0 Å². The van der Waals surface area contributed by atoms with E-state index >= 15 is 0 Å². The number of thioether (sulfide) groups is 1. The van der Waals surface area contributed by atoms with Gasteiger partial charge in [0, 0.05) is 15.7 Å². The average Bonchev–Trinajstić information content (AvgIpc) is 3.12. The third-order valence-corrected chi connectivity index (χ3v) is 6.79. The molecule has 1 aliphatic rings. The average molecular weight is 569 g/mol. The molecule has 3 aromatic carbocycles. The van der Waals surface area contributed by atoms with E-state index in [-0.39, 0.29) is 23.9 Å². The van der Waals surface area contributed by atoms with E-state index in [1.165, 1.54) is 12.1 Å². The summed E-state index contributed by atoms with van der Waals surface area (Å²) in [4.78, 5) is 39.1. The lowest BCUT2D eigenvalue weighted by Crippen LogP contribution is -2.36. The van der Waals surface area contributed by atoms with Gasteiger partial charge in [-0.2, -0.15) is 0 Å². The maximum atomic E-state index is 13.2. The highest BCUT2D eigenvalue weighted by Crippen LogP contribution is 2.35. The van der Waals surface area contributed by atoms with Gasteiger partial charge in [-0.05, 0) is 77.9 Å². The third kappa shape index (κ3) is 6.41. The van der Waals surface area contributed by atoms with E-state index in [2.05, 4.69) is 21.2 Å². The summed E-state index contributed by atoms with van der Waals surface area (Å²) in [6, 6.07) is 18.6. The fourth-order valence-corrected chi connectivity index (χ4v) is 4.66. The molecule has 1 heterocycles. The van der Waals surface area contributed by atoms with Crippen molar-refractivity contribution >= 4 is 56.5 Å². The van der Waals surface area contributed by atoms with Crippen molar-refractivity contribution in [1.29, 1.82) is 0 Å². The van der Waals surface area contributed by atoms with E-state index < -0.39 is 17.1 Å². The number of rotatable bonds is 8.